The molecule has 0 saturated carbocycles. The summed E-state index contributed by atoms with van der Waals surface area (Å²) < 4.78 is 5.04. The van der Waals surface area contributed by atoms with Crippen LogP contribution in [0.25, 0.3) is 0 Å². The van der Waals surface area contributed by atoms with Gasteiger partial charge in [-0.1, -0.05) is 23.4 Å². The molecule has 0 aromatic carbocycles. The van der Waals surface area contributed by atoms with Crippen LogP contribution in [-0.2, 0) is 9.53 Å². The predicted molar refractivity (Wildman–Crippen MR) is 84.1 cm³/mol. The zero-order valence-electron chi connectivity index (χ0n) is 12.5. The Bertz CT molecular complexity index is 570. The first-order valence-electron chi connectivity index (χ1n) is 7.09. The molecule has 1 aliphatic rings. The van der Waals surface area contributed by atoms with Gasteiger partial charge in [0.05, 0.1) is 23.7 Å². The second-order valence-corrected chi connectivity index (χ2v) is 6.08. The van der Waals surface area contributed by atoms with Crippen LogP contribution in [0.4, 0.5) is 0 Å². The summed E-state index contributed by atoms with van der Waals surface area (Å²) in [6.07, 6.45) is 4.75. The Morgan fingerprint density at radius 1 is 1.55 bits per heavy atom. The molecule has 1 aliphatic heterocycles. The van der Waals surface area contributed by atoms with E-state index in [1.54, 1.807) is 11.8 Å². The lowest BCUT2D eigenvalue weighted by Gasteiger charge is -2.31. The second-order valence-electron chi connectivity index (χ2n) is 4.90. The molecule has 120 valence electrons. The number of amides is 1. The Balaban J connectivity index is 2.13. The van der Waals surface area contributed by atoms with E-state index >= 15 is 0 Å². The van der Waals surface area contributed by atoms with E-state index in [1.807, 2.05) is 6.26 Å². The van der Waals surface area contributed by atoms with Crippen molar-refractivity contribution in [2.45, 2.75) is 24.9 Å². The van der Waals surface area contributed by atoms with Gasteiger partial charge in [-0.25, -0.2) is 9.97 Å². The topological polar surface area (TPSA) is 72.4 Å². The van der Waals surface area contributed by atoms with Gasteiger partial charge in [0.15, 0.2) is 10.9 Å². The van der Waals surface area contributed by atoms with Gasteiger partial charge in [0.1, 0.15) is 0 Å². The summed E-state index contributed by atoms with van der Waals surface area (Å²) in [7, 11) is 0. The molecule has 8 heteroatoms. The fraction of sp³-hybridized carbons (Fsp3) is 0.571. The Hall–Kier alpha value is -1.34. The van der Waals surface area contributed by atoms with Crippen LogP contribution in [0.3, 0.4) is 0 Å². The molecule has 1 unspecified atom stereocenters. The standard InChI is InChI=1S/C14H18ClN3O3S/c1-3-21-13(20)9-5-4-6-18(8-9)12(19)11-10(15)7-16-14(17-11)22-2/h7,9H,3-6,8H2,1-2H3. The van der Waals surface area contributed by atoms with E-state index in [-0.39, 0.29) is 28.5 Å². The number of thioether (sulfide) groups is 1. The van der Waals surface area contributed by atoms with Gasteiger partial charge in [-0.05, 0) is 26.0 Å². The number of hydrogen-bond donors (Lipinski definition) is 0. The number of nitrogens with zero attached hydrogens (tertiary/aromatic N) is 3. The highest BCUT2D eigenvalue weighted by molar-refractivity contribution is 7.98. The number of rotatable bonds is 4. The maximum atomic E-state index is 12.6. The van der Waals surface area contributed by atoms with E-state index in [1.165, 1.54) is 18.0 Å². The third-order valence-electron chi connectivity index (χ3n) is 3.44. The maximum Gasteiger partial charge on any atom is 0.310 e. The number of esters is 1. The van der Waals surface area contributed by atoms with E-state index in [2.05, 4.69) is 9.97 Å². The van der Waals surface area contributed by atoms with Gasteiger partial charge in [0.2, 0.25) is 0 Å². The molecular weight excluding hydrogens is 326 g/mol. The third kappa shape index (κ3) is 3.89. The van der Waals surface area contributed by atoms with E-state index in [9.17, 15) is 9.59 Å². The van der Waals surface area contributed by atoms with Gasteiger partial charge in [0, 0.05) is 13.1 Å². The van der Waals surface area contributed by atoms with Crippen molar-refractivity contribution in [2.24, 2.45) is 5.92 Å². The number of likely N-dealkylation sites (tertiary alicyclic amines) is 1. The number of halogens is 1. The lowest BCUT2D eigenvalue weighted by molar-refractivity contribution is -0.149. The molecule has 2 heterocycles. The SMILES string of the molecule is CCOC(=O)C1CCCN(C(=O)c2nc(SC)ncc2Cl)C1. The van der Waals surface area contributed by atoms with Gasteiger partial charge in [0.25, 0.3) is 5.91 Å². The molecule has 2 rings (SSSR count). The second kappa shape index (κ2) is 7.78. The van der Waals surface area contributed by atoms with Crippen molar-refractivity contribution in [2.75, 3.05) is 26.0 Å². The van der Waals surface area contributed by atoms with Crippen LogP contribution < -0.4 is 0 Å². The number of aromatic nitrogens is 2. The molecule has 0 spiro atoms. The monoisotopic (exact) mass is 343 g/mol. The number of carbonyl (C=O) groups is 2. The first-order chi connectivity index (χ1) is 10.6. The molecule has 1 aromatic heterocycles. The largest absolute Gasteiger partial charge is 0.466 e. The Morgan fingerprint density at radius 2 is 2.32 bits per heavy atom. The highest BCUT2D eigenvalue weighted by Crippen LogP contribution is 2.23. The van der Waals surface area contributed by atoms with Crippen LogP contribution in [-0.4, -0.2) is 52.7 Å². The minimum Gasteiger partial charge on any atom is -0.466 e. The highest BCUT2D eigenvalue weighted by atomic mass is 35.5. The van der Waals surface area contributed by atoms with Crippen LogP contribution in [0, 0.1) is 5.92 Å². The molecule has 22 heavy (non-hydrogen) atoms. The van der Waals surface area contributed by atoms with Crippen molar-refractivity contribution >= 4 is 35.2 Å². The third-order valence-corrected chi connectivity index (χ3v) is 4.27. The van der Waals surface area contributed by atoms with Gasteiger partial charge in [-0.3, -0.25) is 9.59 Å². The van der Waals surface area contributed by atoms with Crippen LogP contribution in [0.15, 0.2) is 11.4 Å². The van der Waals surface area contributed by atoms with Crippen LogP contribution in [0.5, 0.6) is 0 Å². The van der Waals surface area contributed by atoms with Gasteiger partial charge < -0.3 is 9.64 Å². The Kier molecular flexibility index (Phi) is 6.02. The minimum atomic E-state index is -0.279. The Labute approximate surface area is 138 Å². The van der Waals surface area contributed by atoms with Gasteiger partial charge in [-0.2, -0.15) is 0 Å². The molecule has 0 N–H and O–H groups in total. The summed E-state index contributed by atoms with van der Waals surface area (Å²) in [4.78, 5) is 34.3. The molecule has 1 amide bonds. The number of ether oxygens (including phenoxy) is 1. The molecule has 0 aliphatic carbocycles. The number of piperidine rings is 1. The van der Waals surface area contributed by atoms with Crippen LogP contribution in [0.2, 0.25) is 5.02 Å². The van der Waals surface area contributed by atoms with Crippen LogP contribution >= 0.6 is 23.4 Å². The fourth-order valence-electron chi connectivity index (χ4n) is 2.36. The average molecular weight is 344 g/mol. The van der Waals surface area contributed by atoms with Crippen molar-refractivity contribution in [1.29, 1.82) is 0 Å². The minimum absolute atomic E-state index is 0.186. The van der Waals surface area contributed by atoms with Crippen molar-refractivity contribution in [1.82, 2.24) is 14.9 Å². The molecule has 0 bridgehead atoms. The molecular formula is C14H18ClN3O3S. The first-order valence-corrected chi connectivity index (χ1v) is 8.69. The summed E-state index contributed by atoms with van der Waals surface area (Å²) in [5.41, 5.74) is 0.186. The van der Waals surface area contributed by atoms with Crippen molar-refractivity contribution < 1.29 is 14.3 Å². The van der Waals surface area contributed by atoms with Gasteiger partial charge >= 0.3 is 5.97 Å². The molecule has 1 aromatic rings. The smallest absolute Gasteiger partial charge is 0.310 e. The number of hydrogen-bond acceptors (Lipinski definition) is 6. The summed E-state index contributed by atoms with van der Waals surface area (Å²) in [5.74, 6) is -0.798. The lowest BCUT2D eigenvalue weighted by atomic mass is 9.98. The van der Waals surface area contributed by atoms with E-state index in [0.717, 1.165) is 12.8 Å². The van der Waals surface area contributed by atoms with Crippen LogP contribution in [0.1, 0.15) is 30.3 Å². The van der Waals surface area contributed by atoms with Gasteiger partial charge in [-0.15, -0.1) is 0 Å². The molecule has 1 saturated heterocycles. The highest BCUT2D eigenvalue weighted by Gasteiger charge is 2.31. The van der Waals surface area contributed by atoms with E-state index in [4.69, 9.17) is 16.3 Å². The fourth-order valence-corrected chi connectivity index (χ4v) is 2.88. The zero-order valence-corrected chi connectivity index (χ0v) is 14.1. The molecule has 6 nitrogen and oxygen atoms in total. The maximum absolute atomic E-state index is 12.6. The summed E-state index contributed by atoms with van der Waals surface area (Å²) in [5, 5.41) is 0.716. The zero-order chi connectivity index (χ0) is 16.1. The quantitative estimate of drug-likeness (QED) is 0.474. The van der Waals surface area contributed by atoms with Crippen molar-refractivity contribution in [3.05, 3.63) is 16.9 Å². The summed E-state index contributed by atoms with van der Waals surface area (Å²) in [6.45, 7) is 3.04. The Morgan fingerprint density at radius 3 is 3.00 bits per heavy atom. The summed E-state index contributed by atoms with van der Waals surface area (Å²) in [6, 6.07) is 0. The lowest BCUT2D eigenvalue weighted by Crippen LogP contribution is -2.43. The van der Waals surface area contributed by atoms with E-state index in [0.29, 0.717) is 24.9 Å². The molecule has 1 fully saturated rings. The normalized spacial score (nSPS) is 18.1. The average Bonchev–Trinajstić information content (AvgIpc) is 2.55. The molecule has 1 atom stereocenters. The number of carbonyl (C=O) groups excluding carboxylic acids is 2. The summed E-state index contributed by atoms with van der Waals surface area (Å²) >= 11 is 7.38. The van der Waals surface area contributed by atoms with Crippen molar-refractivity contribution in [3.63, 3.8) is 0 Å². The van der Waals surface area contributed by atoms with Crippen molar-refractivity contribution in [3.8, 4) is 0 Å². The van der Waals surface area contributed by atoms with E-state index < -0.39 is 0 Å². The predicted octanol–water partition coefficient (Wildman–Crippen LogP) is 2.27. The molecule has 0 radical (unpaired) electrons. The first kappa shape index (κ1) is 17.0.